The van der Waals surface area contributed by atoms with E-state index in [1.165, 1.54) is 24.6 Å². The van der Waals surface area contributed by atoms with E-state index in [9.17, 15) is 0 Å². The van der Waals surface area contributed by atoms with E-state index in [-0.39, 0.29) is 0 Å². The van der Waals surface area contributed by atoms with Gasteiger partial charge < -0.3 is 4.43 Å². The molecule has 0 radical (unpaired) electrons. The van der Waals surface area contributed by atoms with Gasteiger partial charge in [-0.25, -0.2) is 0 Å². The molecule has 1 heterocycles. The van der Waals surface area contributed by atoms with Crippen LogP contribution in [0, 0.1) is 0 Å². The lowest BCUT2D eigenvalue weighted by atomic mass is 10.5. The van der Waals surface area contributed by atoms with Crippen LogP contribution < -0.4 is 0 Å². The molecule has 0 aromatic carbocycles. The average molecular weight is 226 g/mol. The monoisotopic (exact) mass is 226 g/mol. The lowest BCUT2D eigenvalue weighted by Crippen LogP contribution is -2.64. The zero-order valence-electron chi connectivity index (χ0n) is 9.51. The zero-order chi connectivity index (χ0) is 10.7. The summed E-state index contributed by atoms with van der Waals surface area (Å²) in [5, 5.41) is 0. The minimum absolute atomic E-state index is 0.977. The van der Waals surface area contributed by atoms with Gasteiger partial charge in [0.25, 0.3) is 0 Å². The van der Waals surface area contributed by atoms with Crippen LogP contribution in [0.4, 0.5) is 0 Å². The first kappa shape index (κ1) is 11.9. The third-order valence-corrected chi connectivity index (χ3v) is 20.8. The second-order valence-corrected chi connectivity index (χ2v) is 16.7. The first-order valence-corrected chi connectivity index (χ1v) is 11.3. The van der Waals surface area contributed by atoms with Crippen molar-refractivity contribution >= 4 is 15.4 Å². The summed E-state index contributed by atoms with van der Waals surface area (Å²) in [5.41, 5.74) is 4.47. The maximum atomic E-state index is 6.22. The largest absolute Gasteiger partial charge is 0.419 e. The van der Waals surface area contributed by atoms with Gasteiger partial charge in [-0.3, -0.25) is 0 Å². The van der Waals surface area contributed by atoms with Crippen molar-refractivity contribution in [2.45, 2.75) is 38.4 Å². The summed E-state index contributed by atoms with van der Waals surface area (Å²) in [4.78, 5) is 0. The topological polar surface area (TPSA) is 9.23 Å². The Labute approximate surface area is 89.8 Å². The van der Waals surface area contributed by atoms with Crippen LogP contribution in [-0.4, -0.2) is 22.0 Å². The van der Waals surface area contributed by atoms with Crippen LogP contribution in [0.1, 0.15) is 20.3 Å². The fraction of sp³-hybridized carbons (Fsp3) is 0.636. The van der Waals surface area contributed by atoms with Crippen LogP contribution in [0.25, 0.3) is 0 Å². The first-order valence-electron chi connectivity index (χ1n) is 5.61. The minimum atomic E-state index is -1.51. The Morgan fingerprint density at radius 3 is 2.14 bits per heavy atom. The van der Waals surface area contributed by atoms with Crippen molar-refractivity contribution in [2.75, 3.05) is 6.61 Å². The highest BCUT2D eigenvalue weighted by Gasteiger charge is 2.52. The summed E-state index contributed by atoms with van der Waals surface area (Å²) in [6.07, 6.45) is 1.21. The normalized spacial score (nSPS) is 24.1. The van der Waals surface area contributed by atoms with Gasteiger partial charge in [0, 0.05) is 6.61 Å². The van der Waals surface area contributed by atoms with Gasteiger partial charge in [-0.15, -0.1) is 13.2 Å². The molecule has 0 N–H and O–H groups in total. The van der Waals surface area contributed by atoms with Crippen LogP contribution in [-0.2, 0) is 4.43 Å². The summed E-state index contributed by atoms with van der Waals surface area (Å²) in [6, 6.07) is 3.79. The van der Waals surface area contributed by atoms with Crippen LogP contribution in [0.3, 0.4) is 0 Å². The fourth-order valence-electron chi connectivity index (χ4n) is 2.77. The fourth-order valence-corrected chi connectivity index (χ4v) is 17.5. The summed E-state index contributed by atoms with van der Waals surface area (Å²) in [7, 11) is -2.97. The molecule has 1 aliphatic rings. The Morgan fingerprint density at radius 2 is 1.79 bits per heavy atom. The van der Waals surface area contributed by atoms with E-state index >= 15 is 0 Å². The summed E-state index contributed by atoms with van der Waals surface area (Å²) < 4.78 is 6.22. The lowest BCUT2D eigenvalue weighted by Gasteiger charge is -2.46. The molecule has 0 atom stereocenters. The SMILES string of the molecule is C=C[Si]1(C=C)CCCO[Si]1(CC)CC. The van der Waals surface area contributed by atoms with E-state index < -0.39 is 15.4 Å². The standard InChI is InChI=1S/C11H22OSi2/c1-5-13(6-2)11-9-10-12-14(13,7-3)8-4/h5-6H,1-2,7-11H2,3-4H3. The summed E-state index contributed by atoms with van der Waals surface area (Å²) >= 11 is 0. The van der Waals surface area contributed by atoms with Crippen LogP contribution in [0.15, 0.2) is 24.6 Å². The Hall–Kier alpha value is -0.126. The van der Waals surface area contributed by atoms with Gasteiger partial charge in [0.1, 0.15) is 7.59 Å². The Morgan fingerprint density at radius 1 is 1.21 bits per heavy atom. The smallest absolute Gasteiger partial charge is 0.188 e. The molecule has 0 aromatic heterocycles. The second kappa shape index (κ2) is 4.60. The molecule has 1 fully saturated rings. The molecule has 0 saturated carbocycles. The average Bonchev–Trinajstić information content (AvgIpc) is 2.28. The number of hydrogen-bond donors (Lipinski definition) is 0. The lowest BCUT2D eigenvalue weighted by molar-refractivity contribution is 0.301. The highest BCUT2D eigenvalue weighted by Crippen LogP contribution is 2.37. The third-order valence-electron chi connectivity index (χ3n) is 3.83. The molecule has 1 rings (SSSR count). The van der Waals surface area contributed by atoms with E-state index in [0.717, 1.165) is 6.61 Å². The van der Waals surface area contributed by atoms with Crippen LogP contribution in [0.2, 0.25) is 18.1 Å². The van der Waals surface area contributed by atoms with E-state index in [0.29, 0.717) is 0 Å². The predicted molar refractivity (Wildman–Crippen MR) is 68.2 cm³/mol. The van der Waals surface area contributed by atoms with Crippen molar-refractivity contribution in [3.05, 3.63) is 24.6 Å². The Kier molecular flexibility index (Phi) is 3.92. The van der Waals surface area contributed by atoms with Gasteiger partial charge in [0.05, 0.1) is 0 Å². The van der Waals surface area contributed by atoms with E-state index in [2.05, 4.69) is 38.4 Å². The van der Waals surface area contributed by atoms with E-state index in [1.807, 2.05) is 0 Å². The Balaban J connectivity index is 3.08. The Bertz CT molecular complexity index is 213. The second-order valence-electron chi connectivity index (χ2n) is 4.10. The van der Waals surface area contributed by atoms with Crippen molar-refractivity contribution in [1.82, 2.24) is 0 Å². The molecule has 3 heteroatoms. The molecule has 0 aromatic rings. The quantitative estimate of drug-likeness (QED) is 0.668. The zero-order valence-corrected chi connectivity index (χ0v) is 11.5. The summed E-state index contributed by atoms with van der Waals surface area (Å²) in [6.45, 7) is 13.7. The highest BCUT2D eigenvalue weighted by molar-refractivity contribution is 7.44. The highest BCUT2D eigenvalue weighted by atomic mass is 29.3. The summed E-state index contributed by atoms with van der Waals surface area (Å²) in [5.74, 6) is 0. The molecule has 1 nitrogen and oxygen atoms in total. The molecule has 0 spiro atoms. The van der Waals surface area contributed by atoms with Crippen molar-refractivity contribution in [1.29, 1.82) is 0 Å². The van der Waals surface area contributed by atoms with Gasteiger partial charge in [-0.1, -0.05) is 25.2 Å². The molecule has 14 heavy (non-hydrogen) atoms. The van der Waals surface area contributed by atoms with Gasteiger partial charge in [-0.2, -0.15) is 0 Å². The minimum Gasteiger partial charge on any atom is -0.419 e. The molecule has 0 bridgehead atoms. The van der Waals surface area contributed by atoms with Crippen molar-refractivity contribution in [2.24, 2.45) is 0 Å². The van der Waals surface area contributed by atoms with E-state index in [4.69, 9.17) is 4.43 Å². The molecule has 80 valence electrons. The van der Waals surface area contributed by atoms with Crippen molar-refractivity contribution in [3.8, 4) is 0 Å². The first-order chi connectivity index (χ1) is 6.70. The van der Waals surface area contributed by atoms with Crippen molar-refractivity contribution < 1.29 is 4.43 Å². The molecule has 0 unspecified atom stereocenters. The number of rotatable bonds is 4. The van der Waals surface area contributed by atoms with Gasteiger partial charge >= 0.3 is 0 Å². The molecular formula is C11H22OSi2. The number of hydrogen-bond acceptors (Lipinski definition) is 1. The van der Waals surface area contributed by atoms with Crippen LogP contribution in [0.5, 0.6) is 0 Å². The van der Waals surface area contributed by atoms with Crippen molar-refractivity contribution in [3.63, 3.8) is 0 Å². The third kappa shape index (κ3) is 1.57. The molecule has 1 aliphatic heterocycles. The van der Waals surface area contributed by atoms with Gasteiger partial charge in [0.2, 0.25) is 0 Å². The predicted octanol–water partition coefficient (Wildman–Crippen LogP) is 3.37. The molecule has 0 amide bonds. The van der Waals surface area contributed by atoms with E-state index in [1.54, 1.807) is 0 Å². The molecular weight excluding hydrogens is 204 g/mol. The van der Waals surface area contributed by atoms with Gasteiger partial charge in [-0.05, 0) is 24.6 Å². The molecule has 0 aliphatic carbocycles. The van der Waals surface area contributed by atoms with Gasteiger partial charge in [0.15, 0.2) is 7.83 Å². The van der Waals surface area contributed by atoms with Crippen LogP contribution >= 0.6 is 0 Å². The maximum absolute atomic E-state index is 6.22. The molecule has 1 saturated heterocycles. The maximum Gasteiger partial charge on any atom is 0.188 e.